The van der Waals surface area contributed by atoms with E-state index in [4.69, 9.17) is 4.74 Å². The van der Waals surface area contributed by atoms with Crippen molar-refractivity contribution in [3.05, 3.63) is 0 Å². The van der Waals surface area contributed by atoms with Crippen molar-refractivity contribution in [1.29, 1.82) is 0 Å². The highest BCUT2D eigenvalue weighted by Gasteiger charge is 2.30. The fourth-order valence-corrected chi connectivity index (χ4v) is 1.86. The number of carbonyl (C=O) groups excluding carboxylic acids is 2. The molecule has 0 aromatic heterocycles. The summed E-state index contributed by atoms with van der Waals surface area (Å²) in [4.78, 5) is 25.9. The molecule has 0 saturated carbocycles. The van der Waals surface area contributed by atoms with Crippen LogP contribution in [0.25, 0.3) is 0 Å². The SMILES string of the molecule is CC1CN(C[C]=O)CCN1C(=O)OC(C)(C)C. The summed E-state index contributed by atoms with van der Waals surface area (Å²) < 4.78 is 5.33. The van der Waals surface area contributed by atoms with E-state index in [1.165, 1.54) is 0 Å². The molecule has 0 spiro atoms. The van der Waals surface area contributed by atoms with Crippen LogP contribution < -0.4 is 0 Å². The van der Waals surface area contributed by atoms with E-state index in [-0.39, 0.29) is 12.1 Å². The van der Waals surface area contributed by atoms with Crippen LogP contribution in [-0.2, 0) is 9.53 Å². The standard InChI is InChI=1S/C12H21N2O3/c1-10-9-13(7-8-15)5-6-14(10)11(16)17-12(2,3)4/h10H,5-7,9H2,1-4H3. The summed E-state index contributed by atoms with van der Waals surface area (Å²) in [6, 6.07) is 0.0620. The molecule has 0 bridgehead atoms. The Morgan fingerprint density at radius 3 is 2.53 bits per heavy atom. The third kappa shape index (κ3) is 4.34. The third-order valence-electron chi connectivity index (χ3n) is 2.63. The fraction of sp³-hybridized carbons (Fsp3) is 0.833. The average molecular weight is 241 g/mol. The summed E-state index contributed by atoms with van der Waals surface area (Å²) in [6.45, 7) is 9.81. The number of ether oxygens (including phenoxy) is 1. The van der Waals surface area contributed by atoms with Crippen molar-refractivity contribution in [1.82, 2.24) is 9.80 Å². The van der Waals surface area contributed by atoms with Crippen molar-refractivity contribution in [2.24, 2.45) is 0 Å². The van der Waals surface area contributed by atoms with Crippen molar-refractivity contribution in [3.8, 4) is 0 Å². The zero-order valence-electron chi connectivity index (χ0n) is 11.0. The van der Waals surface area contributed by atoms with Crippen molar-refractivity contribution in [2.75, 3.05) is 26.2 Å². The second kappa shape index (κ2) is 5.49. The van der Waals surface area contributed by atoms with Gasteiger partial charge in [-0.2, -0.15) is 0 Å². The Kier molecular flexibility index (Phi) is 4.51. The molecule has 5 nitrogen and oxygen atoms in total. The number of carbonyl (C=O) groups is 1. The Morgan fingerprint density at radius 2 is 2.06 bits per heavy atom. The van der Waals surface area contributed by atoms with Gasteiger partial charge in [-0.25, -0.2) is 4.79 Å². The molecule has 97 valence electrons. The molecule has 0 aromatic carbocycles. The molecule has 5 heteroatoms. The van der Waals surface area contributed by atoms with Crippen molar-refractivity contribution >= 4 is 12.4 Å². The number of amides is 1. The van der Waals surface area contributed by atoms with Crippen molar-refractivity contribution in [2.45, 2.75) is 39.3 Å². The van der Waals surface area contributed by atoms with Crippen LogP contribution in [0.3, 0.4) is 0 Å². The Bertz CT molecular complexity index is 286. The molecule has 1 fully saturated rings. The van der Waals surface area contributed by atoms with Gasteiger partial charge in [-0.3, -0.25) is 9.69 Å². The van der Waals surface area contributed by atoms with E-state index in [9.17, 15) is 9.59 Å². The molecule has 1 amide bonds. The van der Waals surface area contributed by atoms with Crippen LogP contribution in [-0.4, -0.2) is 60.0 Å². The van der Waals surface area contributed by atoms with Gasteiger partial charge in [0.05, 0.1) is 6.54 Å². The molecule has 1 saturated heterocycles. The monoisotopic (exact) mass is 241 g/mol. The van der Waals surface area contributed by atoms with E-state index in [0.717, 1.165) is 0 Å². The van der Waals surface area contributed by atoms with Crippen LogP contribution in [0.5, 0.6) is 0 Å². The van der Waals surface area contributed by atoms with Crippen LogP contribution in [0.2, 0.25) is 0 Å². The van der Waals surface area contributed by atoms with E-state index in [2.05, 4.69) is 0 Å². The van der Waals surface area contributed by atoms with Crippen LogP contribution in [0.4, 0.5) is 4.79 Å². The minimum Gasteiger partial charge on any atom is -0.444 e. The summed E-state index contributed by atoms with van der Waals surface area (Å²) >= 11 is 0. The molecule has 1 radical (unpaired) electrons. The lowest BCUT2D eigenvalue weighted by atomic mass is 10.2. The molecular formula is C12H21N2O3. The molecule has 1 aliphatic rings. The lowest BCUT2D eigenvalue weighted by molar-refractivity contribution is 0.00319. The minimum absolute atomic E-state index is 0.0620. The van der Waals surface area contributed by atoms with Crippen molar-refractivity contribution in [3.63, 3.8) is 0 Å². The predicted molar refractivity (Wildman–Crippen MR) is 64.5 cm³/mol. The number of hydrogen-bond donors (Lipinski definition) is 0. The first-order valence-corrected chi connectivity index (χ1v) is 5.90. The first kappa shape index (κ1) is 14.0. The lowest BCUT2D eigenvalue weighted by Crippen LogP contribution is -2.55. The van der Waals surface area contributed by atoms with E-state index < -0.39 is 5.60 Å². The second-order valence-electron chi connectivity index (χ2n) is 5.40. The summed E-state index contributed by atoms with van der Waals surface area (Å²) in [5.41, 5.74) is -0.468. The molecule has 1 unspecified atom stereocenters. The maximum absolute atomic E-state index is 11.9. The van der Waals surface area contributed by atoms with Gasteiger partial charge in [-0.05, 0) is 27.7 Å². The summed E-state index contributed by atoms with van der Waals surface area (Å²) in [7, 11) is 0. The van der Waals surface area contributed by atoms with Gasteiger partial charge in [0, 0.05) is 25.7 Å². The maximum Gasteiger partial charge on any atom is 0.410 e. The van der Waals surface area contributed by atoms with Gasteiger partial charge in [-0.1, -0.05) is 0 Å². The van der Waals surface area contributed by atoms with Gasteiger partial charge in [0.2, 0.25) is 6.29 Å². The lowest BCUT2D eigenvalue weighted by Gasteiger charge is -2.39. The van der Waals surface area contributed by atoms with E-state index >= 15 is 0 Å². The molecule has 0 aromatic rings. The largest absolute Gasteiger partial charge is 0.444 e. The maximum atomic E-state index is 11.9. The Morgan fingerprint density at radius 1 is 1.41 bits per heavy atom. The predicted octanol–water partition coefficient (Wildman–Crippen LogP) is 1.04. The molecule has 1 aliphatic heterocycles. The topological polar surface area (TPSA) is 49.9 Å². The first-order chi connectivity index (χ1) is 7.83. The quantitative estimate of drug-likeness (QED) is 0.724. The molecule has 1 rings (SSSR count). The third-order valence-corrected chi connectivity index (χ3v) is 2.63. The fourth-order valence-electron chi connectivity index (χ4n) is 1.86. The molecule has 1 heterocycles. The minimum atomic E-state index is -0.468. The molecule has 17 heavy (non-hydrogen) atoms. The summed E-state index contributed by atoms with van der Waals surface area (Å²) in [6.07, 6.45) is 1.60. The number of nitrogens with zero attached hydrogens (tertiary/aromatic N) is 2. The van der Waals surface area contributed by atoms with E-state index in [0.29, 0.717) is 26.2 Å². The van der Waals surface area contributed by atoms with Gasteiger partial charge in [-0.15, -0.1) is 0 Å². The average Bonchev–Trinajstić information content (AvgIpc) is 2.15. The van der Waals surface area contributed by atoms with Gasteiger partial charge >= 0.3 is 6.09 Å². The van der Waals surface area contributed by atoms with Gasteiger partial charge in [0.15, 0.2) is 0 Å². The van der Waals surface area contributed by atoms with E-state index in [1.54, 1.807) is 4.90 Å². The molecule has 0 aliphatic carbocycles. The highest BCUT2D eigenvalue weighted by Crippen LogP contribution is 2.15. The first-order valence-electron chi connectivity index (χ1n) is 5.90. The molecule has 0 N–H and O–H groups in total. The Balaban J connectivity index is 2.51. The zero-order valence-corrected chi connectivity index (χ0v) is 11.0. The Labute approximate surface area is 103 Å². The van der Waals surface area contributed by atoms with Crippen LogP contribution in [0, 0.1) is 0 Å². The van der Waals surface area contributed by atoms with Crippen LogP contribution >= 0.6 is 0 Å². The summed E-state index contributed by atoms with van der Waals surface area (Å²) in [5, 5.41) is 0. The number of hydrogen-bond acceptors (Lipinski definition) is 4. The normalized spacial score (nSPS) is 22.4. The number of piperazine rings is 1. The molecule has 1 atom stereocenters. The van der Waals surface area contributed by atoms with Gasteiger partial charge in [0.25, 0.3) is 0 Å². The van der Waals surface area contributed by atoms with Crippen LogP contribution in [0.1, 0.15) is 27.7 Å². The molecular weight excluding hydrogens is 220 g/mol. The number of rotatable bonds is 2. The zero-order chi connectivity index (χ0) is 13.1. The second-order valence-corrected chi connectivity index (χ2v) is 5.40. The van der Waals surface area contributed by atoms with E-state index in [1.807, 2.05) is 38.9 Å². The smallest absolute Gasteiger partial charge is 0.410 e. The highest BCUT2D eigenvalue weighted by molar-refractivity contribution is 5.68. The van der Waals surface area contributed by atoms with Gasteiger partial charge in [0.1, 0.15) is 5.60 Å². The highest BCUT2D eigenvalue weighted by atomic mass is 16.6. The van der Waals surface area contributed by atoms with Crippen molar-refractivity contribution < 1.29 is 14.3 Å². The Hall–Kier alpha value is -1.10. The summed E-state index contributed by atoms with van der Waals surface area (Å²) in [5.74, 6) is 0. The van der Waals surface area contributed by atoms with Crippen LogP contribution in [0.15, 0.2) is 0 Å². The van der Waals surface area contributed by atoms with Gasteiger partial charge < -0.3 is 9.64 Å².